The van der Waals surface area contributed by atoms with Crippen LogP contribution in [0.15, 0.2) is 54.6 Å². The van der Waals surface area contributed by atoms with Gasteiger partial charge >= 0.3 is 0 Å². The molecule has 0 saturated heterocycles. The second kappa shape index (κ2) is 10.2. The molecule has 4 nitrogen and oxygen atoms in total. The Morgan fingerprint density at radius 2 is 1.68 bits per heavy atom. The number of halogens is 1. The number of methoxy groups -OCH3 is 1. The number of hydrogen-bond acceptors (Lipinski definition) is 3. The third-order valence-corrected chi connectivity index (χ3v) is 4.39. The molecule has 25 heavy (non-hydrogen) atoms. The minimum atomic E-state index is -0.560. The summed E-state index contributed by atoms with van der Waals surface area (Å²) >= 11 is 0. The first-order chi connectivity index (χ1) is 11.5. The Morgan fingerprint density at radius 1 is 1.08 bits per heavy atom. The normalized spacial score (nSPS) is 14.1. The highest BCUT2D eigenvalue weighted by Crippen LogP contribution is 2.20. The maximum Gasteiger partial charge on any atom is 0.142 e. The van der Waals surface area contributed by atoms with Crippen molar-refractivity contribution in [2.75, 3.05) is 13.7 Å². The third kappa shape index (κ3) is 5.85. The molecule has 2 aromatic carbocycles. The summed E-state index contributed by atoms with van der Waals surface area (Å²) in [6, 6.07) is 17.2. The van der Waals surface area contributed by atoms with E-state index in [-0.39, 0.29) is 30.2 Å². The number of hydrogen-bond donors (Lipinski definition) is 2. The molecule has 0 aliphatic carbocycles. The predicted octanol–water partition coefficient (Wildman–Crippen LogP) is -0.943. The van der Waals surface area contributed by atoms with Gasteiger partial charge in [0.05, 0.1) is 19.6 Å². The summed E-state index contributed by atoms with van der Waals surface area (Å²) in [7, 11) is 1.62. The minimum absolute atomic E-state index is 0. The van der Waals surface area contributed by atoms with Gasteiger partial charge in [-0.05, 0) is 37.1 Å². The van der Waals surface area contributed by atoms with E-state index in [9.17, 15) is 9.90 Å². The number of aliphatic hydroxyl groups is 1. The molecule has 0 aliphatic heterocycles. The fraction of sp³-hybridized carbons (Fsp3) is 0.350. The summed E-state index contributed by atoms with van der Waals surface area (Å²) in [5.74, 6) is 0.706. The second-order valence-corrected chi connectivity index (χ2v) is 6.12. The molecule has 0 spiro atoms. The number of aliphatic hydroxyl groups excluding tert-OH is 1. The Labute approximate surface area is 155 Å². The van der Waals surface area contributed by atoms with Crippen LogP contribution in [0.25, 0.3) is 0 Å². The smallest absolute Gasteiger partial charge is 0.142 e. The highest BCUT2D eigenvalue weighted by atomic mass is 35.5. The molecule has 0 heterocycles. The zero-order chi connectivity index (χ0) is 17.5. The summed E-state index contributed by atoms with van der Waals surface area (Å²) in [6.45, 7) is 4.19. The molecule has 136 valence electrons. The molecule has 0 saturated carbocycles. The van der Waals surface area contributed by atoms with Gasteiger partial charge < -0.3 is 27.6 Å². The molecule has 0 bridgehead atoms. The maximum atomic E-state index is 12.0. The van der Waals surface area contributed by atoms with Crippen molar-refractivity contribution in [3.05, 3.63) is 65.7 Å². The SMILES string of the molecule is COc1ccc(C(C[NH2+]C(C)C(O)c2ccccc2)C(C)=O)cc1.[Cl-]. The van der Waals surface area contributed by atoms with Crippen LogP contribution in [-0.4, -0.2) is 30.6 Å². The van der Waals surface area contributed by atoms with Crippen LogP contribution in [0.4, 0.5) is 0 Å². The van der Waals surface area contributed by atoms with E-state index < -0.39 is 6.10 Å². The topological polar surface area (TPSA) is 63.1 Å². The summed E-state index contributed by atoms with van der Waals surface area (Å²) in [5.41, 5.74) is 1.87. The molecule has 3 unspecified atom stereocenters. The molecule has 3 N–H and O–H groups in total. The van der Waals surface area contributed by atoms with Crippen LogP contribution >= 0.6 is 0 Å². The van der Waals surface area contributed by atoms with Crippen LogP contribution in [0, 0.1) is 0 Å². The van der Waals surface area contributed by atoms with E-state index in [0.29, 0.717) is 6.54 Å². The Morgan fingerprint density at radius 3 is 2.20 bits per heavy atom. The molecular formula is C20H26ClNO3. The van der Waals surface area contributed by atoms with Gasteiger partial charge in [-0.25, -0.2) is 0 Å². The van der Waals surface area contributed by atoms with E-state index >= 15 is 0 Å². The fourth-order valence-corrected chi connectivity index (χ4v) is 2.81. The highest BCUT2D eigenvalue weighted by molar-refractivity contribution is 5.83. The average molecular weight is 364 g/mol. The molecule has 2 aromatic rings. The Bertz CT molecular complexity index is 646. The Balaban J connectivity index is 0.00000312. The highest BCUT2D eigenvalue weighted by Gasteiger charge is 2.24. The summed E-state index contributed by atoms with van der Waals surface area (Å²) in [5, 5.41) is 12.5. The number of carbonyl (C=O) groups is 1. The quantitative estimate of drug-likeness (QED) is 0.636. The third-order valence-electron chi connectivity index (χ3n) is 4.39. The Hall–Kier alpha value is -1.88. The maximum absolute atomic E-state index is 12.0. The molecule has 0 aromatic heterocycles. The average Bonchev–Trinajstić information content (AvgIpc) is 2.62. The lowest BCUT2D eigenvalue weighted by Gasteiger charge is -2.21. The van der Waals surface area contributed by atoms with Crippen LogP contribution in [-0.2, 0) is 4.79 Å². The van der Waals surface area contributed by atoms with Gasteiger partial charge in [-0.2, -0.15) is 0 Å². The first kappa shape index (κ1) is 21.2. The monoisotopic (exact) mass is 363 g/mol. The van der Waals surface area contributed by atoms with Gasteiger partial charge in [-0.15, -0.1) is 0 Å². The van der Waals surface area contributed by atoms with E-state index in [1.807, 2.05) is 66.8 Å². The number of benzene rings is 2. The summed E-state index contributed by atoms with van der Waals surface area (Å²) in [4.78, 5) is 12.0. The number of rotatable bonds is 8. The van der Waals surface area contributed by atoms with Crippen molar-refractivity contribution in [2.45, 2.75) is 31.9 Å². The molecule has 0 aliphatic rings. The molecule has 3 atom stereocenters. The summed E-state index contributed by atoms with van der Waals surface area (Å²) in [6.07, 6.45) is -0.560. The van der Waals surface area contributed by atoms with Gasteiger partial charge in [0.15, 0.2) is 0 Å². The molecular weight excluding hydrogens is 338 g/mol. The molecule has 0 radical (unpaired) electrons. The first-order valence-electron chi connectivity index (χ1n) is 8.23. The fourth-order valence-electron chi connectivity index (χ4n) is 2.81. The van der Waals surface area contributed by atoms with Crippen LogP contribution in [0.3, 0.4) is 0 Å². The van der Waals surface area contributed by atoms with Gasteiger partial charge in [0.25, 0.3) is 0 Å². The largest absolute Gasteiger partial charge is 1.00 e. The lowest BCUT2D eigenvalue weighted by Crippen LogP contribution is -3.00. The van der Waals surface area contributed by atoms with Gasteiger partial charge in [0, 0.05) is 0 Å². The van der Waals surface area contributed by atoms with E-state index in [2.05, 4.69) is 0 Å². The lowest BCUT2D eigenvalue weighted by molar-refractivity contribution is -0.695. The van der Waals surface area contributed by atoms with Gasteiger partial charge in [-0.1, -0.05) is 42.5 Å². The number of carbonyl (C=O) groups excluding carboxylic acids is 1. The number of nitrogens with two attached hydrogens (primary N) is 1. The molecule has 2 rings (SSSR count). The van der Waals surface area contributed by atoms with Gasteiger partial charge in [0.1, 0.15) is 23.7 Å². The second-order valence-electron chi connectivity index (χ2n) is 6.12. The van der Waals surface area contributed by atoms with Crippen LogP contribution in [0.1, 0.15) is 37.0 Å². The first-order valence-corrected chi connectivity index (χ1v) is 8.23. The number of ether oxygens (including phenoxy) is 1. The number of Topliss-reactive ketones (excluding diaryl/α,β-unsaturated/α-hetero) is 1. The van der Waals surface area contributed by atoms with Crippen LogP contribution in [0.5, 0.6) is 5.75 Å². The van der Waals surface area contributed by atoms with Crippen molar-refractivity contribution in [1.82, 2.24) is 0 Å². The standard InChI is InChI=1S/C20H25NO3.ClH/c1-14(20(23)17-7-5-4-6-8-17)21-13-19(15(2)22)16-9-11-18(24-3)12-10-16;/h4-12,14,19-21,23H,13H2,1-3H3;1H. The van der Waals surface area contributed by atoms with E-state index in [1.54, 1.807) is 14.0 Å². The number of ketones is 1. The zero-order valence-electron chi connectivity index (χ0n) is 14.9. The van der Waals surface area contributed by atoms with E-state index in [1.165, 1.54) is 0 Å². The van der Waals surface area contributed by atoms with Gasteiger partial charge in [-0.3, -0.25) is 4.79 Å². The predicted molar refractivity (Wildman–Crippen MR) is 94.1 cm³/mol. The van der Waals surface area contributed by atoms with Crippen LogP contribution < -0.4 is 22.5 Å². The molecule has 0 amide bonds. The zero-order valence-corrected chi connectivity index (χ0v) is 15.6. The van der Waals surface area contributed by atoms with E-state index in [4.69, 9.17) is 4.74 Å². The van der Waals surface area contributed by atoms with Crippen LogP contribution in [0.2, 0.25) is 0 Å². The van der Waals surface area contributed by atoms with Crippen molar-refractivity contribution < 1.29 is 32.4 Å². The van der Waals surface area contributed by atoms with E-state index in [0.717, 1.165) is 16.9 Å². The molecule has 5 heteroatoms. The lowest BCUT2D eigenvalue weighted by atomic mass is 9.94. The van der Waals surface area contributed by atoms with Gasteiger partial charge in [0.2, 0.25) is 0 Å². The summed E-state index contributed by atoms with van der Waals surface area (Å²) < 4.78 is 5.16. The molecule has 0 fully saturated rings. The van der Waals surface area contributed by atoms with Crippen molar-refractivity contribution in [3.63, 3.8) is 0 Å². The van der Waals surface area contributed by atoms with Crippen molar-refractivity contribution in [2.24, 2.45) is 0 Å². The minimum Gasteiger partial charge on any atom is -1.00 e. The van der Waals surface area contributed by atoms with Crippen molar-refractivity contribution in [3.8, 4) is 5.75 Å². The number of quaternary nitrogens is 1. The van der Waals surface area contributed by atoms with Crippen molar-refractivity contribution in [1.29, 1.82) is 0 Å². The van der Waals surface area contributed by atoms with Crippen molar-refractivity contribution >= 4 is 5.78 Å². The Kier molecular flexibility index (Phi) is 8.62.